The van der Waals surface area contributed by atoms with Gasteiger partial charge in [0.25, 0.3) is 0 Å². The van der Waals surface area contributed by atoms with Crippen LogP contribution in [0.3, 0.4) is 0 Å². The first-order chi connectivity index (χ1) is 9.97. The lowest BCUT2D eigenvalue weighted by atomic mass is 10.2. The summed E-state index contributed by atoms with van der Waals surface area (Å²) in [5.74, 6) is -1.00. The highest BCUT2D eigenvalue weighted by Gasteiger charge is 2.07. The van der Waals surface area contributed by atoms with Gasteiger partial charge < -0.3 is 15.7 Å². The Hall–Kier alpha value is -1.82. The van der Waals surface area contributed by atoms with Crippen molar-refractivity contribution in [3.8, 4) is 0 Å². The Morgan fingerprint density at radius 2 is 1.81 bits per heavy atom. The quantitative estimate of drug-likeness (QED) is 0.718. The van der Waals surface area contributed by atoms with Crippen molar-refractivity contribution in [2.75, 3.05) is 10.6 Å². The molecule has 0 aromatic heterocycles. The van der Waals surface area contributed by atoms with Crippen LogP contribution in [-0.2, 0) is 0 Å². The molecule has 21 heavy (non-hydrogen) atoms. The molecule has 0 atom stereocenters. The minimum atomic E-state index is -1.00. The number of anilines is 2. The summed E-state index contributed by atoms with van der Waals surface area (Å²) in [6, 6.07) is 11.5. The molecule has 0 saturated carbocycles. The van der Waals surface area contributed by atoms with Crippen molar-refractivity contribution < 1.29 is 9.90 Å². The van der Waals surface area contributed by atoms with Gasteiger partial charge in [-0.3, -0.25) is 0 Å². The second kappa shape index (κ2) is 6.76. The van der Waals surface area contributed by atoms with E-state index in [0.717, 1.165) is 0 Å². The number of hydrogen-bond acceptors (Lipinski definition) is 2. The number of thiocarbonyl (C=S) groups is 1. The lowest BCUT2D eigenvalue weighted by molar-refractivity contribution is 0.0697. The highest BCUT2D eigenvalue weighted by Crippen LogP contribution is 2.29. The van der Waals surface area contributed by atoms with Crippen molar-refractivity contribution in [2.45, 2.75) is 0 Å². The Kier molecular flexibility index (Phi) is 5.01. The van der Waals surface area contributed by atoms with Crippen molar-refractivity contribution in [1.82, 2.24) is 0 Å². The van der Waals surface area contributed by atoms with Crippen LogP contribution in [0.15, 0.2) is 42.5 Å². The largest absolute Gasteiger partial charge is 0.478 e. The smallest absolute Gasteiger partial charge is 0.335 e. The molecule has 3 N–H and O–H groups in total. The van der Waals surface area contributed by atoms with Crippen molar-refractivity contribution >= 4 is 57.9 Å². The molecule has 2 rings (SSSR count). The Morgan fingerprint density at radius 1 is 1.10 bits per heavy atom. The van der Waals surface area contributed by atoms with Gasteiger partial charge in [-0.25, -0.2) is 4.79 Å². The number of carboxylic acids is 1. The number of carbonyl (C=O) groups is 1. The molecule has 0 heterocycles. The number of carboxylic acid groups (broad SMARTS) is 1. The molecular weight excluding hydrogens is 331 g/mol. The van der Waals surface area contributed by atoms with E-state index >= 15 is 0 Å². The summed E-state index contributed by atoms with van der Waals surface area (Å²) in [6.45, 7) is 0. The summed E-state index contributed by atoms with van der Waals surface area (Å²) in [4.78, 5) is 10.9. The molecule has 0 amide bonds. The monoisotopic (exact) mass is 340 g/mol. The molecular formula is C14H10Cl2N2O2S. The van der Waals surface area contributed by atoms with Crippen molar-refractivity contribution in [1.29, 1.82) is 0 Å². The van der Waals surface area contributed by atoms with Crippen LogP contribution in [0.2, 0.25) is 10.0 Å². The minimum absolute atomic E-state index is 0.170. The average molecular weight is 341 g/mol. The fourth-order valence-electron chi connectivity index (χ4n) is 1.61. The van der Waals surface area contributed by atoms with E-state index in [1.54, 1.807) is 30.3 Å². The number of rotatable bonds is 3. The second-order valence-electron chi connectivity index (χ2n) is 4.07. The molecule has 2 aromatic carbocycles. The van der Waals surface area contributed by atoms with Gasteiger partial charge in [-0.2, -0.15) is 0 Å². The number of aromatic carboxylic acids is 1. The molecule has 7 heteroatoms. The lowest BCUT2D eigenvalue weighted by Crippen LogP contribution is -2.19. The van der Waals surface area contributed by atoms with E-state index in [-0.39, 0.29) is 10.7 Å². The topological polar surface area (TPSA) is 61.4 Å². The molecule has 0 bridgehead atoms. The van der Waals surface area contributed by atoms with E-state index in [0.29, 0.717) is 21.4 Å². The van der Waals surface area contributed by atoms with Crippen molar-refractivity contribution in [3.05, 3.63) is 58.1 Å². The summed E-state index contributed by atoms with van der Waals surface area (Å²) in [5, 5.41) is 15.8. The zero-order chi connectivity index (χ0) is 15.4. The molecule has 0 unspecified atom stereocenters. The van der Waals surface area contributed by atoms with Crippen LogP contribution in [0.5, 0.6) is 0 Å². The normalized spacial score (nSPS) is 10.0. The third-order valence-electron chi connectivity index (χ3n) is 2.57. The first-order valence-corrected chi connectivity index (χ1v) is 6.99. The van der Waals surface area contributed by atoms with Crippen LogP contribution < -0.4 is 10.6 Å². The van der Waals surface area contributed by atoms with E-state index in [2.05, 4.69) is 10.6 Å². The first kappa shape index (κ1) is 15.6. The summed E-state index contributed by atoms with van der Waals surface area (Å²) in [7, 11) is 0. The van der Waals surface area contributed by atoms with Crippen LogP contribution in [0.25, 0.3) is 0 Å². The van der Waals surface area contributed by atoms with Crippen LogP contribution >= 0.6 is 35.4 Å². The molecule has 0 saturated heterocycles. The van der Waals surface area contributed by atoms with Gasteiger partial charge in [-0.15, -0.1) is 0 Å². The Morgan fingerprint density at radius 3 is 2.52 bits per heavy atom. The van der Waals surface area contributed by atoms with E-state index < -0.39 is 5.97 Å². The minimum Gasteiger partial charge on any atom is -0.478 e. The molecule has 0 fully saturated rings. The zero-order valence-corrected chi connectivity index (χ0v) is 12.9. The van der Waals surface area contributed by atoms with Gasteiger partial charge in [-0.1, -0.05) is 35.3 Å². The summed E-state index contributed by atoms with van der Waals surface area (Å²) in [5.41, 5.74) is 1.30. The molecule has 0 aliphatic rings. The highest BCUT2D eigenvalue weighted by atomic mass is 35.5. The number of nitrogens with one attached hydrogen (secondary N) is 2. The van der Waals surface area contributed by atoms with Crippen molar-refractivity contribution in [3.63, 3.8) is 0 Å². The van der Waals surface area contributed by atoms with Crippen LogP contribution in [0.1, 0.15) is 10.4 Å². The maximum Gasteiger partial charge on any atom is 0.335 e. The van der Waals surface area contributed by atoms with Gasteiger partial charge in [-0.05, 0) is 42.5 Å². The zero-order valence-electron chi connectivity index (χ0n) is 10.6. The summed E-state index contributed by atoms with van der Waals surface area (Å²) in [6.07, 6.45) is 0. The maximum absolute atomic E-state index is 10.9. The van der Waals surface area contributed by atoms with E-state index in [9.17, 15) is 4.79 Å². The standard InChI is InChI=1S/C14H10Cl2N2O2S/c15-10-5-2-6-11(12(10)16)18-14(21)17-9-4-1-3-8(7-9)13(19)20/h1-7H,(H,19,20)(H2,17,18,21). The number of benzene rings is 2. The molecule has 0 spiro atoms. The fraction of sp³-hybridized carbons (Fsp3) is 0. The lowest BCUT2D eigenvalue weighted by Gasteiger charge is -2.12. The Balaban J connectivity index is 2.10. The molecule has 0 radical (unpaired) electrons. The Labute approximate surface area is 136 Å². The molecule has 0 aliphatic heterocycles. The van der Waals surface area contributed by atoms with Gasteiger partial charge in [0.1, 0.15) is 0 Å². The van der Waals surface area contributed by atoms with E-state index in [1.165, 1.54) is 12.1 Å². The van der Waals surface area contributed by atoms with Crippen LogP contribution in [0.4, 0.5) is 11.4 Å². The van der Waals surface area contributed by atoms with Gasteiger partial charge in [0, 0.05) is 5.69 Å². The van der Waals surface area contributed by atoms with Gasteiger partial charge in [0.05, 0.1) is 21.3 Å². The van der Waals surface area contributed by atoms with Crippen molar-refractivity contribution in [2.24, 2.45) is 0 Å². The van der Waals surface area contributed by atoms with E-state index in [1.807, 2.05) is 0 Å². The predicted octanol–water partition coefficient (Wildman–Crippen LogP) is 4.50. The second-order valence-corrected chi connectivity index (χ2v) is 5.26. The SMILES string of the molecule is O=C(O)c1cccc(NC(=S)Nc2cccc(Cl)c2Cl)c1. The predicted molar refractivity (Wildman–Crippen MR) is 89.7 cm³/mol. The van der Waals surface area contributed by atoms with Crippen LogP contribution in [0, 0.1) is 0 Å². The molecule has 0 aliphatic carbocycles. The van der Waals surface area contributed by atoms with Crippen LogP contribution in [-0.4, -0.2) is 16.2 Å². The molecule has 4 nitrogen and oxygen atoms in total. The van der Waals surface area contributed by atoms with Gasteiger partial charge in [0.2, 0.25) is 0 Å². The number of halogens is 2. The summed E-state index contributed by atoms with van der Waals surface area (Å²) < 4.78 is 0. The van der Waals surface area contributed by atoms with Gasteiger partial charge >= 0.3 is 5.97 Å². The molecule has 108 valence electrons. The Bertz CT molecular complexity index is 707. The van der Waals surface area contributed by atoms with Gasteiger partial charge in [0.15, 0.2) is 5.11 Å². The maximum atomic E-state index is 10.9. The third kappa shape index (κ3) is 4.07. The summed E-state index contributed by atoms with van der Waals surface area (Å²) >= 11 is 17.1. The highest BCUT2D eigenvalue weighted by molar-refractivity contribution is 7.80. The molecule has 2 aromatic rings. The number of hydrogen-bond donors (Lipinski definition) is 3. The third-order valence-corrected chi connectivity index (χ3v) is 3.59. The first-order valence-electron chi connectivity index (χ1n) is 5.83. The average Bonchev–Trinajstić information content (AvgIpc) is 2.44. The van der Waals surface area contributed by atoms with E-state index in [4.69, 9.17) is 40.5 Å². The fourth-order valence-corrected chi connectivity index (χ4v) is 2.19.